The average Bonchev–Trinajstić information content (AvgIpc) is 3.26. The van der Waals surface area contributed by atoms with E-state index in [-0.39, 0.29) is 5.91 Å². The summed E-state index contributed by atoms with van der Waals surface area (Å²) in [4.78, 5) is 16.8. The second-order valence-corrected chi connectivity index (χ2v) is 7.98. The quantitative estimate of drug-likeness (QED) is 0.253. The van der Waals surface area contributed by atoms with Gasteiger partial charge in [0, 0.05) is 38.2 Å². The van der Waals surface area contributed by atoms with Gasteiger partial charge in [-0.15, -0.1) is 0 Å². The second kappa shape index (κ2) is 14.7. The number of benzene rings is 1. The van der Waals surface area contributed by atoms with E-state index in [9.17, 15) is 4.79 Å². The van der Waals surface area contributed by atoms with Gasteiger partial charge in [-0.2, -0.15) is 0 Å². The zero-order chi connectivity index (χ0) is 22.3. The molecule has 0 saturated heterocycles. The zero-order valence-electron chi connectivity index (χ0n) is 19.5. The first-order valence-corrected chi connectivity index (χ1v) is 11.7. The molecule has 7 nitrogen and oxygen atoms in total. The lowest BCUT2D eigenvalue weighted by Crippen LogP contribution is -2.41. The normalized spacial score (nSPS) is 14.5. The van der Waals surface area contributed by atoms with Crippen molar-refractivity contribution in [1.82, 2.24) is 16.0 Å². The van der Waals surface area contributed by atoms with Crippen LogP contribution in [0.1, 0.15) is 57.1 Å². The molecule has 2 rings (SSSR count). The van der Waals surface area contributed by atoms with Crippen molar-refractivity contribution in [1.29, 1.82) is 0 Å². The third-order valence-corrected chi connectivity index (χ3v) is 5.35. The van der Waals surface area contributed by atoms with E-state index < -0.39 is 0 Å². The molecule has 1 aromatic carbocycles. The molecule has 0 aliphatic heterocycles. The minimum absolute atomic E-state index is 0.157. The van der Waals surface area contributed by atoms with Crippen LogP contribution in [0, 0.1) is 12.8 Å². The molecule has 1 saturated carbocycles. The molecule has 0 radical (unpaired) electrons. The van der Waals surface area contributed by atoms with E-state index in [0.29, 0.717) is 51.8 Å². The van der Waals surface area contributed by atoms with E-state index in [1.54, 1.807) is 0 Å². The average molecular weight is 433 g/mol. The highest BCUT2D eigenvalue weighted by Crippen LogP contribution is 2.27. The van der Waals surface area contributed by atoms with Gasteiger partial charge in [-0.3, -0.25) is 4.79 Å². The van der Waals surface area contributed by atoms with Crippen LogP contribution in [-0.4, -0.2) is 51.3 Å². The largest absolute Gasteiger partial charge is 0.491 e. The first-order chi connectivity index (χ1) is 15.1. The summed E-state index contributed by atoms with van der Waals surface area (Å²) in [6.45, 7) is 10.3. The third-order valence-electron chi connectivity index (χ3n) is 5.35. The van der Waals surface area contributed by atoms with Gasteiger partial charge < -0.3 is 25.4 Å². The van der Waals surface area contributed by atoms with Gasteiger partial charge in [0.05, 0.1) is 13.2 Å². The number of rotatable bonds is 13. The Morgan fingerprint density at radius 2 is 1.87 bits per heavy atom. The van der Waals surface area contributed by atoms with Crippen molar-refractivity contribution in [3.8, 4) is 5.75 Å². The summed E-state index contributed by atoms with van der Waals surface area (Å²) in [6.07, 6.45) is 5.58. The lowest BCUT2D eigenvalue weighted by molar-refractivity contribution is -0.121. The molecule has 31 heavy (non-hydrogen) atoms. The van der Waals surface area contributed by atoms with E-state index >= 15 is 0 Å². The van der Waals surface area contributed by atoms with Crippen molar-refractivity contribution in [3.63, 3.8) is 0 Å². The molecule has 0 bridgehead atoms. The van der Waals surface area contributed by atoms with Gasteiger partial charge in [0.25, 0.3) is 0 Å². The summed E-state index contributed by atoms with van der Waals surface area (Å²) in [5.41, 5.74) is 2.18. The Morgan fingerprint density at radius 1 is 1.10 bits per heavy atom. The minimum Gasteiger partial charge on any atom is -0.491 e. The Balaban J connectivity index is 1.81. The van der Waals surface area contributed by atoms with Crippen LogP contribution in [-0.2, 0) is 16.1 Å². The Morgan fingerprint density at radius 3 is 2.61 bits per heavy atom. The van der Waals surface area contributed by atoms with Gasteiger partial charge in [-0.1, -0.05) is 25.0 Å². The Kier molecular flexibility index (Phi) is 11.8. The maximum atomic E-state index is 12.1. The van der Waals surface area contributed by atoms with Crippen molar-refractivity contribution in [2.24, 2.45) is 10.9 Å². The Hall–Kier alpha value is -2.28. The van der Waals surface area contributed by atoms with Crippen molar-refractivity contribution in [2.45, 2.75) is 59.4 Å². The number of carbonyl (C=O) groups is 1. The molecule has 7 heteroatoms. The second-order valence-electron chi connectivity index (χ2n) is 7.98. The van der Waals surface area contributed by atoms with Crippen molar-refractivity contribution >= 4 is 11.9 Å². The first-order valence-electron chi connectivity index (χ1n) is 11.7. The first kappa shape index (κ1) is 25.0. The van der Waals surface area contributed by atoms with Gasteiger partial charge in [0.15, 0.2) is 5.96 Å². The van der Waals surface area contributed by atoms with Gasteiger partial charge in [-0.25, -0.2) is 4.99 Å². The number of hydrogen-bond acceptors (Lipinski definition) is 4. The number of aliphatic imine (C=N–C) groups is 1. The maximum Gasteiger partial charge on any atom is 0.220 e. The van der Waals surface area contributed by atoms with Crippen LogP contribution >= 0.6 is 0 Å². The molecule has 0 spiro atoms. The van der Waals surface area contributed by atoms with E-state index in [0.717, 1.165) is 29.4 Å². The SMILES string of the molecule is CCNC(=NCc1ccc(C)cc1OCCOCC)NCCNC(=O)CC1CCCC1. The van der Waals surface area contributed by atoms with Crippen LogP contribution in [0.2, 0.25) is 0 Å². The van der Waals surface area contributed by atoms with Gasteiger partial charge in [-0.05, 0) is 51.2 Å². The molecule has 3 N–H and O–H groups in total. The smallest absolute Gasteiger partial charge is 0.220 e. The van der Waals surface area contributed by atoms with E-state index in [1.807, 2.05) is 19.9 Å². The molecule has 174 valence electrons. The van der Waals surface area contributed by atoms with Crippen LogP contribution in [0.5, 0.6) is 5.75 Å². The molecule has 1 amide bonds. The van der Waals surface area contributed by atoms with Gasteiger partial charge in [0.2, 0.25) is 5.91 Å². The summed E-state index contributed by atoms with van der Waals surface area (Å²) in [7, 11) is 0. The van der Waals surface area contributed by atoms with Gasteiger partial charge >= 0.3 is 0 Å². The maximum absolute atomic E-state index is 12.1. The number of hydrogen-bond donors (Lipinski definition) is 3. The molecule has 1 aromatic rings. The van der Waals surface area contributed by atoms with Crippen molar-refractivity contribution < 1.29 is 14.3 Å². The summed E-state index contributed by atoms with van der Waals surface area (Å²) < 4.78 is 11.3. The Labute approximate surface area is 187 Å². The van der Waals surface area contributed by atoms with Crippen LogP contribution in [0.3, 0.4) is 0 Å². The fourth-order valence-electron chi connectivity index (χ4n) is 3.72. The topological polar surface area (TPSA) is 84.0 Å². The molecule has 0 atom stereocenters. The lowest BCUT2D eigenvalue weighted by atomic mass is 10.0. The number of nitrogens with one attached hydrogen (secondary N) is 3. The van der Waals surface area contributed by atoms with Gasteiger partial charge in [0.1, 0.15) is 12.4 Å². The molecule has 0 heterocycles. The van der Waals surface area contributed by atoms with Crippen LogP contribution < -0.4 is 20.7 Å². The molecule has 1 aliphatic carbocycles. The Bertz CT molecular complexity index is 687. The standard InChI is InChI=1S/C24H40N4O3/c1-4-25-24(27-13-12-26-23(29)17-20-8-6-7-9-20)28-18-21-11-10-19(3)16-22(21)31-15-14-30-5-2/h10-11,16,20H,4-9,12-15,17-18H2,1-3H3,(H,26,29)(H2,25,27,28). The molecule has 0 unspecified atom stereocenters. The van der Waals surface area contributed by atoms with Crippen molar-refractivity contribution in [2.75, 3.05) is 39.5 Å². The van der Waals surface area contributed by atoms with Crippen LogP contribution in [0.25, 0.3) is 0 Å². The number of guanidine groups is 1. The predicted octanol–water partition coefficient (Wildman–Crippen LogP) is 3.16. The summed E-state index contributed by atoms with van der Waals surface area (Å²) in [5, 5.41) is 9.56. The molecule has 1 fully saturated rings. The number of carbonyl (C=O) groups excluding carboxylic acids is 1. The molecule has 1 aliphatic rings. The van der Waals surface area contributed by atoms with E-state index in [4.69, 9.17) is 9.47 Å². The van der Waals surface area contributed by atoms with E-state index in [1.165, 1.54) is 25.7 Å². The number of nitrogens with zero attached hydrogens (tertiary/aromatic N) is 1. The third kappa shape index (κ3) is 10.0. The lowest BCUT2D eigenvalue weighted by Gasteiger charge is -2.14. The number of aryl methyl sites for hydroxylation is 1. The molecule has 0 aromatic heterocycles. The number of ether oxygens (including phenoxy) is 2. The minimum atomic E-state index is 0.157. The van der Waals surface area contributed by atoms with Crippen LogP contribution in [0.15, 0.2) is 23.2 Å². The van der Waals surface area contributed by atoms with Crippen LogP contribution in [0.4, 0.5) is 0 Å². The summed E-state index contributed by atoms with van der Waals surface area (Å²) in [6, 6.07) is 6.17. The highest BCUT2D eigenvalue weighted by molar-refractivity contribution is 5.80. The molecular formula is C24H40N4O3. The summed E-state index contributed by atoms with van der Waals surface area (Å²) in [5.74, 6) is 2.31. The number of amides is 1. The fraction of sp³-hybridized carbons (Fsp3) is 0.667. The highest BCUT2D eigenvalue weighted by Gasteiger charge is 2.17. The van der Waals surface area contributed by atoms with Crippen molar-refractivity contribution in [3.05, 3.63) is 29.3 Å². The zero-order valence-corrected chi connectivity index (χ0v) is 19.5. The van der Waals surface area contributed by atoms with E-state index in [2.05, 4.69) is 40.0 Å². The summed E-state index contributed by atoms with van der Waals surface area (Å²) >= 11 is 0. The highest BCUT2D eigenvalue weighted by atomic mass is 16.5. The molecular weight excluding hydrogens is 392 g/mol. The predicted molar refractivity (Wildman–Crippen MR) is 126 cm³/mol. The fourth-order valence-corrected chi connectivity index (χ4v) is 3.72. The monoisotopic (exact) mass is 432 g/mol.